The molecule has 16 heavy (non-hydrogen) atoms. The van der Waals surface area contributed by atoms with Crippen LogP contribution in [0.15, 0.2) is 11.4 Å². The van der Waals surface area contributed by atoms with Gasteiger partial charge in [-0.3, -0.25) is 4.79 Å². The average Bonchev–Trinajstić information content (AvgIpc) is 2.73. The van der Waals surface area contributed by atoms with Crippen molar-refractivity contribution in [3.05, 3.63) is 21.9 Å². The smallest absolute Gasteiger partial charge is 0.264 e. The van der Waals surface area contributed by atoms with Crippen molar-refractivity contribution >= 4 is 17.2 Å². The average molecular weight is 236 g/mol. The van der Waals surface area contributed by atoms with Crippen LogP contribution >= 0.6 is 11.3 Å². The number of rotatable bonds is 3. The molecule has 0 radical (unpaired) electrons. The van der Waals surface area contributed by atoms with Gasteiger partial charge in [-0.1, -0.05) is 18.8 Å². The molecule has 0 saturated heterocycles. The molecule has 0 aliphatic carbocycles. The second-order valence-electron chi connectivity index (χ2n) is 3.40. The van der Waals surface area contributed by atoms with Gasteiger partial charge in [0.05, 0.1) is 6.54 Å². The van der Waals surface area contributed by atoms with Gasteiger partial charge < -0.3 is 10.6 Å². The Bertz CT molecular complexity index is 414. The van der Waals surface area contributed by atoms with E-state index in [1.165, 1.54) is 11.3 Å². The molecule has 2 N–H and O–H groups in total. The highest BCUT2D eigenvalue weighted by Gasteiger charge is 2.15. The summed E-state index contributed by atoms with van der Waals surface area (Å²) in [6, 6.07) is 1.86. The van der Waals surface area contributed by atoms with E-state index in [4.69, 9.17) is 5.73 Å². The zero-order valence-electron chi connectivity index (χ0n) is 9.62. The Morgan fingerprint density at radius 2 is 2.38 bits per heavy atom. The quantitative estimate of drug-likeness (QED) is 0.809. The van der Waals surface area contributed by atoms with Gasteiger partial charge >= 0.3 is 0 Å². The first-order chi connectivity index (χ1) is 7.70. The molecular weight excluding hydrogens is 220 g/mol. The molecule has 1 aromatic rings. The zero-order chi connectivity index (χ0) is 12.0. The van der Waals surface area contributed by atoms with Crippen molar-refractivity contribution in [3.8, 4) is 11.8 Å². The van der Waals surface area contributed by atoms with Gasteiger partial charge in [-0.2, -0.15) is 0 Å². The fourth-order valence-electron chi connectivity index (χ4n) is 1.33. The molecule has 0 bridgehead atoms. The number of carbonyl (C=O) groups is 1. The summed E-state index contributed by atoms with van der Waals surface area (Å²) in [6.07, 6.45) is 0.956. The molecule has 0 aliphatic rings. The van der Waals surface area contributed by atoms with Crippen LogP contribution in [-0.2, 0) is 0 Å². The molecule has 0 spiro atoms. The van der Waals surface area contributed by atoms with Crippen molar-refractivity contribution in [3.63, 3.8) is 0 Å². The Balaban J connectivity index is 2.87. The summed E-state index contributed by atoms with van der Waals surface area (Å²) in [7, 11) is 1.81. The highest BCUT2D eigenvalue weighted by Crippen LogP contribution is 2.17. The molecule has 3 nitrogen and oxygen atoms in total. The largest absolute Gasteiger partial charge is 0.341 e. The van der Waals surface area contributed by atoms with Gasteiger partial charge in [0.1, 0.15) is 4.88 Å². The Labute approximate surface area is 100 Å². The third kappa shape index (κ3) is 3.09. The van der Waals surface area contributed by atoms with Crippen LogP contribution in [0.25, 0.3) is 0 Å². The van der Waals surface area contributed by atoms with E-state index < -0.39 is 0 Å². The van der Waals surface area contributed by atoms with Gasteiger partial charge in [0, 0.05) is 19.2 Å². The first-order valence-corrected chi connectivity index (χ1v) is 6.10. The van der Waals surface area contributed by atoms with E-state index in [0.717, 1.165) is 18.5 Å². The van der Waals surface area contributed by atoms with Gasteiger partial charge in [0.15, 0.2) is 0 Å². The van der Waals surface area contributed by atoms with Crippen molar-refractivity contribution in [2.24, 2.45) is 5.73 Å². The monoisotopic (exact) mass is 236 g/mol. The predicted molar refractivity (Wildman–Crippen MR) is 67.5 cm³/mol. The van der Waals surface area contributed by atoms with Gasteiger partial charge in [0.25, 0.3) is 5.91 Å². The molecule has 0 atom stereocenters. The lowest BCUT2D eigenvalue weighted by atomic mass is 10.2. The van der Waals surface area contributed by atoms with Gasteiger partial charge in [-0.25, -0.2) is 0 Å². The van der Waals surface area contributed by atoms with Crippen LogP contribution in [0.2, 0.25) is 0 Å². The molecule has 1 rings (SSSR count). The molecule has 0 saturated carbocycles. The molecule has 0 aliphatic heterocycles. The summed E-state index contributed by atoms with van der Waals surface area (Å²) in [5, 5.41) is 1.88. The molecule has 1 aromatic heterocycles. The van der Waals surface area contributed by atoms with Gasteiger partial charge in [-0.05, 0) is 17.9 Å². The molecule has 4 heteroatoms. The predicted octanol–water partition coefficient (Wildman–Crippen LogP) is 1.54. The van der Waals surface area contributed by atoms with Gasteiger partial charge in [0.2, 0.25) is 0 Å². The Morgan fingerprint density at radius 3 is 3.00 bits per heavy atom. The third-order valence-corrected chi connectivity index (χ3v) is 2.99. The first kappa shape index (κ1) is 12.8. The molecular formula is C12H16N2OS. The minimum absolute atomic E-state index is 0.0400. The van der Waals surface area contributed by atoms with Crippen molar-refractivity contribution in [2.75, 3.05) is 20.1 Å². The normalized spacial score (nSPS) is 9.44. The lowest BCUT2D eigenvalue weighted by molar-refractivity contribution is 0.0799. The number of hydrogen-bond donors (Lipinski definition) is 1. The maximum Gasteiger partial charge on any atom is 0.264 e. The standard InChI is InChI=1S/C12H16N2OS/c1-3-8-14(2)12(15)11-10(5-4-7-13)6-9-16-11/h6,9H,3,7-8,13H2,1-2H3. The Morgan fingerprint density at radius 1 is 1.62 bits per heavy atom. The van der Waals surface area contributed by atoms with E-state index in [1.54, 1.807) is 4.90 Å². The van der Waals surface area contributed by atoms with Crippen molar-refractivity contribution in [1.29, 1.82) is 0 Å². The number of carbonyl (C=O) groups excluding carboxylic acids is 1. The highest BCUT2D eigenvalue weighted by atomic mass is 32.1. The summed E-state index contributed by atoms with van der Waals surface area (Å²) < 4.78 is 0. The molecule has 0 aromatic carbocycles. The number of nitrogens with two attached hydrogens (primary N) is 1. The highest BCUT2D eigenvalue weighted by molar-refractivity contribution is 7.12. The number of hydrogen-bond acceptors (Lipinski definition) is 3. The second-order valence-corrected chi connectivity index (χ2v) is 4.31. The van der Waals surface area contributed by atoms with Crippen LogP contribution in [0, 0.1) is 11.8 Å². The van der Waals surface area contributed by atoms with E-state index in [1.807, 2.05) is 25.4 Å². The third-order valence-electron chi connectivity index (χ3n) is 2.09. The van der Waals surface area contributed by atoms with Crippen LogP contribution in [0.5, 0.6) is 0 Å². The lowest BCUT2D eigenvalue weighted by Gasteiger charge is -2.14. The topological polar surface area (TPSA) is 46.3 Å². The zero-order valence-corrected chi connectivity index (χ0v) is 10.4. The maximum atomic E-state index is 12.0. The Kier molecular flexibility index (Phi) is 5.03. The minimum Gasteiger partial charge on any atom is -0.341 e. The van der Waals surface area contributed by atoms with E-state index in [2.05, 4.69) is 11.8 Å². The van der Waals surface area contributed by atoms with Crippen molar-refractivity contribution in [2.45, 2.75) is 13.3 Å². The first-order valence-electron chi connectivity index (χ1n) is 5.22. The Hall–Kier alpha value is -1.31. The van der Waals surface area contributed by atoms with Crippen LogP contribution < -0.4 is 5.73 Å². The fourth-order valence-corrected chi connectivity index (χ4v) is 2.17. The number of amides is 1. The van der Waals surface area contributed by atoms with E-state index in [9.17, 15) is 4.79 Å². The fraction of sp³-hybridized carbons (Fsp3) is 0.417. The molecule has 0 unspecified atom stereocenters. The molecule has 1 amide bonds. The SMILES string of the molecule is CCCN(C)C(=O)c1sccc1C#CCN. The summed E-state index contributed by atoms with van der Waals surface area (Å²) in [5.41, 5.74) is 6.09. The van der Waals surface area contributed by atoms with E-state index in [0.29, 0.717) is 11.4 Å². The summed E-state index contributed by atoms with van der Waals surface area (Å²) in [6.45, 7) is 3.13. The van der Waals surface area contributed by atoms with E-state index >= 15 is 0 Å². The van der Waals surface area contributed by atoms with Crippen LogP contribution in [0.4, 0.5) is 0 Å². The summed E-state index contributed by atoms with van der Waals surface area (Å²) in [4.78, 5) is 14.4. The molecule has 0 fully saturated rings. The van der Waals surface area contributed by atoms with Gasteiger partial charge in [-0.15, -0.1) is 11.3 Å². The summed E-state index contributed by atoms with van der Waals surface area (Å²) in [5.74, 6) is 5.73. The van der Waals surface area contributed by atoms with Crippen LogP contribution in [0.3, 0.4) is 0 Å². The van der Waals surface area contributed by atoms with E-state index in [-0.39, 0.29) is 5.91 Å². The van der Waals surface area contributed by atoms with Crippen molar-refractivity contribution < 1.29 is 4.79 Å². The molecule has 86 valence electrons. The lowest BCUT2D eigenvalue weighted by Crippen LogP contribution is -2.27. The maximum absolute atomic E-state index is 12.0. The van der Waals surface area contributed by atoms with Crippen molar-refractivity contribution in [1.82, 2.24) is 4.90 Å². The minimum atomic E-state index is 0.0400. The summed E-state index contributed by atoms with van der Waals surface area (Å²) >= 11 is 1.43. The number of nitrogens with zero attached hydrogens (tertiary/aromatic N) is 1. The van der Waals surface area contributed by atoms with Crippen LogP contribution in [0.1, 0.15) is 28.6 Å². The molecule has 1 heterocycles. The number of thiophene rings is 1. The second kappa shape index (κ2) is 6.31. The van der Waals surface area contributed by atoms with Crippen LogP contribution in [-0.4, -0.2) is 30.9 Å².